The highest BCUT2D eigenvalue weighted by atomic mass is 19.3. The minimum Gasteiger partial charge on any atom is -0.275 e. The molecule has 0 aliphatic heterocycles. The van der Waals surface area contributed by atoms with Crippen LogP contribution in [0.25, 0.3) is 0 Å². The lowest BCUT2D eigenvalue weighted by Crippen LogP contribution is -2.39. The molecule has 0 heterocycles. The number of hydroxylamine groups is 2. The maximum absolute atomic E-state index is 13.7. The minimum atomic E-state index is -2.70. The number of carbonyl (C=O) groups excluding carboxylic acids is 1. The Balaban J connectivity index is 2.21. The molecule has 2 rings (SSSR count). The molecule has 3 nitrogen and oxygen atoms in total. The van der Waals surface area contributed by atoms with E-state index in [1.807, 2.05) is 0 Å². The third-order valence-corrected chi connectivity index (χ3v) is 4.79. The zero-order chi connectivity index (χ0) is 12.9. The molecule has 0 aromatic rings. The third-order valence-electron chi connectivity index (χ3n) is 4.79. The molecule has 2 aliphatic rings. The summed E-state index contributed by atoms with van der Waals surface area (Å²) in [6, 6.07) is 0. The highest BCUT2D eigenvalue weighted by Gasteiger charge is 2.66. The van der Waals surface area contributed by atoms with Gasteiger partial charge in [0.2, 0.25) is 0 Å². The van der Waals surface area contributed by atoms with Gasteiger partial charge in [-0.3, -0.25) is 9.63 Å². The van der Waals surface area contributed by atoms with Gasteiger partial charge in [-0.05, 0) is 39.0 Å². The maximum Gasteiger partial charge on any atom is 0.252 e. The normalized spacial score (nSPS) is 36.3. The van der Waals surface area contributed by atoms with Crippen molar-refractivity contribution >= 4 is 5.91 Å². The van der Waals surface area contributed by atoms with Crippen molar-refractivity contribution in [3.63, 3.8) is 0 Å². The Labute approximate surface area is 100 Å². The first-order valence-electron chi connectivity index (χ1n) is 5.97. The van der Waals surface area contributed by atoms with Gasteiger partial charge in [0.15, 0.2) is 0 Å². The Bertz CT molecular complexity index is 330. The molecule has 0 atom stereocenters. The van der Waals surface area contributed by atoms with Crippen LogP contribution in [0, 0.1) is 10.8 Å². The maximum atomic E-state index is 13.7. The fourth-order valence-electron chi connectivity index (χ4n) is 3.51. The molecule has 2 bridgehead atoms. The predicted molar refractivity (Wildman–Crippen MR) is 58.4 cm³/mol. The van der Waals surface area contributed by atoms with E-state index in [4.69, 9.17) is 4.84 Å². The van der Waals surface area contributed by atoms with Gasteiger partial charge in [-0.25, -0.2) is 13.8 Å². The van der Waals surface area contributed by atoms with Crippen molar-refractivity contribution in [2.45, 2.75) is 45.0 Å². The fourth-order valence-corrected chi connectivity index (χ4v) is 3.51. The Morgan fingerprint density at radius 1 is 1.29 bits per heavy atom. The van der Waals surface area contributed by atoms with E-state index in [2.05, 4.69) is 0 Å². The Morgan fingerprint density at radius 3 is 2.18 bits per heavy atom. The first kappa shape index (κ1) is 12.7. The van der Waals surface area contributed by atoms with Crippen LogP contribution < -0.4 is 0 Å². The lowest BCUT2D eigenvalue weighted by molar-refractivity contribution is -0.180. The molecule has 0 unspecified atom stereocenters. The lowest BCUT2D eigenvalue weighted by atomic mass is 9.78. The molecule has 17 heavy (non-hydrogen) atoms. The average Bonchev–Trinajstić information content (AvgIpc) is 2.84. The number of fused-ring (bicyclic) bond motifs is 2. The van der Waals surface area contributed by atoms with Gasteiger partial charge in [-0.1, -0.05) is 0 Å². The minimum absolute atomic E-state index is 0.149. The second kappa shape index (κ2) is 3.64. The van der Waals surface area contributed by atoms with Crippen molar-refractivity contribution in [1.29, 1.82) is 0 Å². The standard InChI is InChI=1S/C12H19F2NO2/c1-10(13,14)12-6-4-11(8-12,5-7-12)9(16)15(2)17-3/h4-8H2,1-3H3. The molecular formula is C12H19F2NO2. The Hall–Kier alpha value is -0.710. The summed E-state index contributed by atoms with van der Waals surface area (Å²) in [5, 5.41) is 1.18. The van der Waals surface area contributed by atoms with Gasteiger partial charge in [0.05, 0.1) is 12.5 Å². The van der Waals surface area contributed by atoms with E-state index in [-0.39, 0.29) is 5.91 Å². The molecule has 2 aliphatic carbocycles. The topological polar surface area (TPSA) is 29.5 Å². The SMILES string of the molecule is CON(C)C(=O)C12CCC(C(C)(F)F)(CC1)C2. The molecule has 0 aromatic heterocycles. The zero-order valence-corrected chi connectivity index (χ0v) is 10.6. The summed E-state index contributed by atoms with van der Waals surface area (Å²) in [4.78, 5) is 17.1. The van der Waals surface area contributed by atoms with Crippen molar-refractivity contribution < 1.29 is 18.4 Å². The van der Waals surface area contributed by atoms with Gasteiger partial charge in [0.25, 0.3) is 11.8 Å². The van der Waals surface area contributed by atoms with Gasteiger partial charge in [0.1, 0.15) is 0 Å². The molecular weight excluding hydrogens is 228 g/mol. The number of nitrogens with zero attached hydrogens (tertiary/aromatic N) is 1. The van der Waals surface area contributed by atoms with Crippen molar-refractivity contribution in [1.82, 2.24) is 5.06 Å². The number of carbonyl (C=O) groups is 1. The summed E-state index contributed by atoms with van der Waals surface area (Å²) in [6.45, 7) is 0.985. The number of halogens is 2. The van der Waals surface area contributed by atoms with Crippen LogP contribution in [0.3, 0.4) is 0 Å². The van der Waals surface area contributed by atoms with Crippen LogP contribution in [0.15, 0.2) is 0 Å². The fraction of sp³-hybridized carbons (Fsp3) is 0.917. The predicted octanol–water partition coefficient (Wildman–Crippen LogP) is 2.61. The largest absolute Gasteiger partial charge is 0.275 e. The number of hydrogen-bond acceptors (Lipinski definition) is 2. The van der Waals surface area contributed by atoms with Gasteiger partial charge in [-0.2, -0.15) is 0 Å². The molecule has 0 radical (unpaired) electrons. The molecule has 2 fully saturated rings. The number of hydrogen-bond donors (Lipinski definition) is 0. The summed E-state index contributed by atoms with van der Waals surface area (Å²) in [6.07, 6.45) is 2.31. The van der Waals surface area contributed by atoms with Crippen molar-refractivity contribution in [2.24, 2.45) is 10.8 Å². The van der Waals surface area contributed by atoms with Crippen LogP contribution >= 0.6 is 0 Å². The molecule has 5 heteroatoms. The first-order chi connectivity index (χ1) is 7.76. The highest BCUT2D eigenvalue weighted by molar-refractivity contribution is 5.82. The molecule has 0 N–H and O–H groups in total. The molecule has 0 aromatic carbocycles. The summed E-state index contributed by atoms with van der Waals surface area (Å²) >= 11 is 0. The second-order valence-electron chi connectivity index (χ2n) is 5.61. The summed E-state index contributed by atoms with van der Waals surface area (Å²) in [5.41, 5.74) is -1.57. The first-order valence-corrected chi connectivity index (χ1v) is 5.97. The molecule has 98 valence electrons. The van der Waals surface area contributed by atoms with Crippen molar-refractivity contribution in [2.75, 3.05) is 14.2 Å². The Kier molecular flexibility index (Phi) is 2.73. The highest BCUT2D eigenvalue weighted by Crippen LogP contribution is 2.67. The van der Waals surface area contributed by atoms with E-state index in [0.29, 0.717) is 32.1 Å². The van der Waals surface area contributed by atoms with Crippen LogP contribution in [0.5, 0.6) is 0 Å². The molecule has 1 amide bonds. The quantitative estimate of drug-likeness (QED) is 0.717. The van der Waals surface area contributed by atoms with Crippen LogP contribution in [0.2, 0.25) is 0 Å². The van der Waals surface area contributed by atoms with Crippen LogP contribution in [0.4, 0.5) is 8.78 Å². The third kappa shape index (κ3) is 1.66. The monoisotopic (exact) mass is 247 g/mol. The second-order valence-corrected chi connectivity index (χ2v) is 5.61. The van der Waals surface area contributed by atoms with Gasteiger partial charge in [0, 0.05) is 12.5 Å². The van der Waals surface area contributed by atoms with E-state index in [1.54, 1.807) is 7.05 Å². The summed E-state index contributed by atoms with van der Waals surface area (Å²) in [5.74, 6) is -2.85. The molecule has 0 saturated heterocycles. The van der Waals surface area contributed by atoms with Gasteiger partial charge < -0.3 is 0 Å². The number of alkyl halides is 2. The van der Waals surface area contributed by atoms with Crippen molar-refractivity contribution in [3.05, 3.63) is 0 Å². The number of amides is 1. The van der Waals surface area contributed by atoms with E-state index < -0.39 is 16.8 Å². The van der Waals surface area contributed by atoms with Crippen molar-refractivity contribution in [3.8, 4) is 0 Å². The average molecular weight is 247 g/mol. The van der Waals surface area contributed by atoms with Gasteiger partial charge >= 0.3 is 0 Å². The summed E-state index contributed by atoms with van der Waals surface area (Å²) in [7, 11) is 2.96. The van der Waals surface area contributed by atoms with Gasteiger partial charge in [-0.15, -0.1) is 0 Å². The lowest BCUT2D eigenvalue weighted by Gasteiger charge is -2.32. The van der Waals surface area contributed by atoms with Crippen LogP contribution in [0.1, 0.15) is 39.0 Å². The van der Waals surface area contributed by atoms with E-state index in [0.717, 1.165) is 6.92 Å². The van der Waals surface area contributed by atoms with E-state index in [1.165, 1.54) is 12.2 Å². The number of rotatable bonds is 3. The molecule has 0 spiro atoms. The molecule has 2 saturated carbocycles. The zero-order valence-electron chi connectivity index (χ0n) is 10.6. The van der Waals surface area contributed by atoms with Crippen LogP contribution in [-0.2, 0) is 9.63 Å². The summed E-state index contributed by atoms with van der Waals surface area (Å²) < 4.78 is 27.3. The smallest absolute Gasteiger partial charge is 0.252 e. The van der Waals surface area contributed by atoms with E-state index >= 15 is 0 Å². The van der Waals surface area contributed by atoms with Crippen LogP contribution in [-0.4, -0.2) is 31.1 Å². The Morgan fingerprint density at radius 2 is 1.82 bits per heavy atom. The van der Waals surface area contributed by atoms with E-state index in [9.17, 15) is 13.6 Å².